The smallest absolute Gasteiger partial charge is 0.0790 e. The summed E-state index contributed by atoms with van der Waals surface area (Å²) >= 11 is 0. The van der Waals surface area contributed by atoms with Crippen LogP contribution in [0.3, 0.4) is 0 Å². The molecule has 3 nitrogen and oxygen atoms in total. The number of aliphatic hydroxyl groups excluding tert-OH is 1. The minimum atomic E-state index is -0.297. The zero-order chi connectivity index (χ0) is 12.6. The van der Waals surface area contributed by atoms with Crippen LogP contribution in [-0.2, 0) is 0 Å². The van der Waals surface area contributed by atoms with Crippen LogP contribution in [0.15, 0.2) is 30.3 Å². The maximum Gasteiger partial charge on any atom is 0.0790 e. The Kier molecular flexibility index (Phi) is 5.65. The van der Waals surface area contributed by atoms with Gasteiger partial charge in [-0.2, -0.15) is 0 Å². The Labute approximate surface area is 110 Å². The van der Waals surface area contributed by atoms with E-state index < -0.39 is 0 Å². The summed E-state index contributed by atoms with van der Waals surface area (Å²) in [5.74, 6) is 0. The Hall–Kier alpha value is -0.900. The van der Waals surface area contributed by atoms with Crippen molar-refractivity contribution in [1.82, 2.24) is 10.2 Å². The molecular formula is C15H24N2O. The Morgan fingerprint density at radius 2 is 1.83 bits per heavy atom. The number of hydrogen-bond donors (Lipinski definition) is 2. The lowest BCUT2D eigenvalue weighted by molar-refractivity contribution is 0.159. The van der Waals surface area contributed by atoms with Gasteiger partial charge in [0, 0.05) is 26.2 Å². The van der Waals surface area contributed by atoms with Crippen molar-refractivity contribution in [1.29, 1.82) is 0 Å². The van der Waals surface area contributed by atoms with Gasteiger partial charge in [0.25, 0.3) is 0 Å². The van der Waals surface area contributed by atoms with Crippen LogP contribution in [0, 0.1) is 0 Å². The molecule has 1 heterocycles. The van der Waals surface area contributed by atoms with Gasteiger partial charge in [-0.25, -0.2) is 0 Å². The van der Waals surface area contributed by atoms with Crippen molar-refractivity contribution < 1.29 is 5.11 Å². The van der Waals surface area contributed by atoms with E-state index in [1.165, 1.54) is 26.1 Å². The lowest BCUT2D eigenvalue weighted by Crippen LogP contribution is -2.43. The lowest BCUT2D eigenvalue weighted by atomic mass is 10.0. The molecule has 0 amide bonds. The van der Waals surface area contributed by atoms with E-state index in [4.69, 9.17) is 0 Å². The van der Waals surface area contributed by atoms with Gasteiger partial charge in [-0.15, -0.1) is 0 Å². The van der Waals surface area contributed by atoms with Gasteiger partial charge in [-0.05, 0) is 31.4 Å². The molecule has 1 atom stereocenters. The highest BCUT2D eigenvalue weighted by Crippen LogP contribution is 2.18. The van der Waals surface area contributed by atoms with Crippen LogP contribution in [-0.4, -0.2) is 42.7 Å². The van der Waals surface area contributed by atoms with E-state index in [1.54, 1.807) is 0 Å². The van der Waals surface area contributed by atoms with E-state index >= 15 is 0 Å². The molecule has 100 valence electrons. The van der Waals surface area contributed by atoms with Gasteiger partial charge >= 0.3 is 0 Å². The molecule has 1 aliphatic heterocycles. The second-order valence-corrected chi connectivity index (χ2v) is 5.01. The number of unbranched alkanes of at least 4 members (excludes halogenated alkanes) is 1. The van der Waals surface area contributed by atoms with Crippen LogP contribution in [0.1, 0.15) is 30.9 Å². The van der Waals surface area contributed by atoms with Crippen molar-refractivity contribution in [3.63, 3.8) is 0 Å². The maximum absolute atomic E-state index is 10.0. The Bertz CT molecular complexity index is 323. The van der Waals surface area contributed by atoms with Gasteiger partial charge < -0.3 is 15.3 Å². The standard InChI is InChI=1S/C15H24N2O/c18-15(14-6-2-1-3-7-14)8-4-5-11-17-12-9-16-10-13-17/h1-3,6-7,15-16,18H,4-5,8-13H2. The quantitative estimate of drug-likeness (QED) is 0.754. The molecule has 1 aromatic carbocycles. The second-order valence-electron chi connectivity index (χ2n) is 5.01. The molecule has 0 saturated carbocycles. The van der Waals surface area contributed by atoms with Gasteiger partial charge in [0.1, 0.15) is 0 Å². The summed E-state index contributed by atoms with van der Waals surface area (Å²) < 4.78 is 0. The summed E-state index contributed by atoms with van der Waals surface area (Å²) in [6, 6.07) is 9.96. The van der Waals surface area contributed by atoms with Gasteiger partial charge in [0.05, 0.1) is 6.10 Å². The Morgan fingerprint density at radius 1 is 1.11 bits per heavy atom. The highest BCUT2D eigenvalue weighted by atomic mass is 16.3. The predicted molar refractivity (Wildman–Crippen MR) is 74.6 cm³/mol. The predicted octanol–water partition coefficient (Wildman–Crippen LogP) is 1.80. The molecule has 0 bridgehead atoms. The maximum atomic E-state index is 10.0. The fraction of sp³-hybridized carbons (Fsp3) is 0.600. The third kappa shape index (κ3) is 4.41. The third-order valence-corrected chi connectivity index (χ3v) is 3.60. The molecule has 0 aromatic heterocycles. The van der Waals surface area contributed by atoms with Crippen molar-refractivity contribution in [2.45, 2.75) is 25.4 Å². The van der Waals surface area contributed by atoms with Gasteiger partial charge in [-0.1, -0.05) is 30.3 Å². The molecule has 1 unspecified atom stereocenters. The van der Waals surface area contributed by atoms with Gasteiger partial charge in [0.2, 0.25) is 0 Å². The molecule has 1 aromatic rings. The highest BCUT2D eigenvalue weighted by molar-refractivity contribution is 5.16. The molecule has 18 heavy (non-hydrogen) atoms. The zero-order valence-corrected chi connectivity index (χ0v) is 11.0. The van der Waals surface area contributed by atoms with Crippen LogP contribution in [0.5, 0.6) is 0 Å². The SMILES string of the molecule is OC(CCCCN1CCNCC1)c1ccccc1. The first kappa shape index (κ1) is 13.5. The molecule has 0 spiro atoms. The summed E-state index contributed by atoms with van der Waals surface area (Å²) in [5, 5.41) is 13.4. The Balaban J connectivity index is 1.60. The summed E-state index contributed by atoms with van der Waals surface area (Å²) in [4.78, 5) is 2.51. The minimum Gasteiger partial charge on any atom is -0.388 e. The molecule has 2 rings (SSSR count). The zero-order valence-electron chi connectivity index (χ0n) is 11.0. The van der Waals surface area contributed by atoms with E-state index in [1.807, 2.05) is 30.3 Å². The van der Waals surface area contributed by atoms with E-state index in [0.29, 0.717) is 0 Å². The normalized spacial score (nSPS) is 18.7. The second kappa shape index (κ2) is 7.52. The fourth-order valence-electron chi connectivity index (χ4n) is 2.45. The van der Waals surface area contributed by atoms with Crippen LogP contribution < -0.4 is 5.32 Å². The third-order valence-electron chi connectivity index (χ3n) is 3.60. The van der Waals surface area contributed by atoms with E-state index in [2.05, 4.69) is 10.2 Å². The first-order chi connectivity index (χ1) is 8.86. The number of rotatable bonds is 6. The molecule has 0 aliphatic carbocycles. The van der Waals surface area contributed by atoms with Crippen LogP contribution in [0.4, 0.5) is 0 Å². The number of piperazine rings is 1. The Morgan fingerprint density at radius 3 is 2.56 bits per heavy atom. The monoisotopic (exact) mass is 248 g/mol. The number of benzene rings is 1. The first-order valence-electron chi connectivity index (χ1n) is 7.02. The van der Waals surface area contributed by atoms with Crippen molar-refractivity contribution in [2.24, 2.45) is 0 Å². The molecule has 2 N–H and O–H groups in total. The van der Waals surface area contributed by atoms with Crippen LogP contribution in [0.2, 0.25) is 0 Å². The van der Waals surface area contributed by atoms with Gasteiger partial charge in [-0.3, -0.25) is 0 Å². The molecule has 1 aliphatic rings. The average Bonchev–Trinajstić information content (AvgIpc) is 2.45. The fourth-order valence-corrected chi connectivity index (χ4v) is 2.45. The van der Waals surface area contributed by atoms with Gasteiger partial charge in [0.15, 0.2) is 0 Å². The lowest BCUT2D eigenvalue weighted by Gasteiger charge is -2.27. The highest BCUT2D eigenvalue weighted by Gasteiger charge is 2.10. The number of nitrogens with zero attached hydrogens (tertiary/aromatic N) is 1. The van der Waals surface area contributed by atoms with Crippen molar-refractivity contribution in [3.8, 4) is 0 Å². The van der Waals surface area contributed by atoms with E-state index in [9.17, 15) is 5.11 Å². The summed E-state index contributed by atoms with van der Waals surface area (Å²) in [6.45, 7) is 5.74. The average molecular weight is 248 g/mol. The van der Waals surface area contributed by atoms with Crippen LogP contribution in [0.25, 0.3) is 0 Å². The van der Waals surface area contributed by atoms with Crippen molar-refractivity contribution in [2.75, 3.05) is 32.7 Å². The molecular weight excluding hydrogens is 224 g/mol. The molecule has 1 fully saturated rings. The number of hydrogen-bond acceptors (Lipinski definition) is 3. The van der Waals surface area contributed by atoms with Crippen LogP contribution >= 0.6 is 0 Å². The summed E-state index contributed by atoms with van der Waals surface area (Å²) in [5.41, 5.74) is 1.04. The molecule has 3 heteroatoms. The number of aliphatic hydroxyl groups is 1. The number of nitrogens with one attached hydrogen (secondary N) is 1. The molecule has 1 saturated heterocycles. The van der Waals surface area contributed by atoms with E-state index in [0.717, 1.165) is 31.5 Å². The van der Waals surface area contributed by atoms with E-state index in [-0.39, 0.29) is 6.10 Å². The largest absolute Gasteiger partial charge is 0.388 e. The minimum absolute atomic E-state index is 0.297. The topological polar surface area (TPSA) is 35.5 Å². The van der Waals surface area contributed by atoms with Crippen molar-refractivity contribution >= 4 is 0 Å². The molecule has 0 radical (unpaired) electrons. The summed E-state index contributed by atoms with van der Waals surface area (Å²) in [7, 11) is 0. The summed E-state index contributed by atoms with van der Waals surface area (Å²) in [6.07, 6.45) is 2.86. The first-order valence-corrected chi connectivity index (χ1v) is 7.02. The van der Waals surface area contributed by atoms with Crippen molar-refractivity contribution in [3.05, 3.63) is 35.9 Å².